The highest BCUT2D eigenvalue weighted by atomic mass is 19.4. The van der Waals surface area contributed by atoms with Crippen molar-refractivity contribution in [3.63, 3.8) is 0 Å². The van der Waals surface area contributed by atoms with Crippen molar-refractivity contribution in [3.05, 3.63) is 29.8 Å². The van der Waals surface area contributed by atoms with Crippen LogP contribution in [0.4, 0.5) is 13.2 Å². The number of para-hydroxylation sites is 1. The maximum Gasteiger partial charge on any atom is 0.419 e. The molecule has 2 N–H and O–H groups in total. The molecule has 1 amide bonds. The summed E-state index contributed by atoms with van der Waals surface area (Å²) in [6.45, 7) is 2.22. The first kappa shape index (κ1) is 18.5. The van der Waals surface area contributed by atoms with E-state index >= 15 is 0 Å². The fraction of sp³-hybridized carbons (Fsp3) is 0.562. The smallest absolute Gasteiger partial charge is 0.419 e. The van der Waals surface area contributed by atoms with E-state index in [-0.39, 0.29) is 30.4 Å². The van der Waals surface area contributed by atoms with Crippen molar-refractivity contribution in [2.24, 2.45) is 0 Å². The van der Waals surface area contributed by atoms with Crippen molar-refractivity contribution in [2.75, 3.05) is 20.3 Å². The van der Waals surface area contributed by atoms with Crippen molar-refractivity contribution in [1.29, 1.82) is 0 Å². The Hall–Kier alpha value is -1.80. The van der Waals surface area contributed by atoms with Gasteiger partial charge in [0.1, 0.15) is 12.4 Å². The van der Waals surface area contributed by atoms with E-state index in [1.807, 2.05) is 0 Å². The van der Waals surface area contributed by atoms with Crippen molar-refractivity contribution in [1.82, 2.24) is 10.6 Å². The van der Waals surface area contributed by atoms with E-state index in [9.17, 15) is 18.0 Å². The Kier molecular flexibility index (Phi) is 6.06. The van der Waals surface area contributed by atoms with E-state index in [0.717, 1.165) is 6.07 Å². The van der Waals surface area contributed by atoms with Gasteiger partial charge in [-0.15, -0.1) is 0 Å². The second kappa shape index (κ2) is 7.85. The van der Waals surface area contributed by atoms with Crippen LogP contribution in [0.2, 0.25) is 0 Å². The van der Waals surface area contributed by atoms with Crippen LogP contribution in [-0.2, 0) is 15.7 Å². The molecule has 0 spiro atoms. The molecule has 1 aromatic rings. The molecule has 0 aromatic heterocycles. The molecule has 0 bridgehead atoms. The summed E-state index contributed by atoms with van der Waals surface area (Å²) in [5.41, 5.74) is -0.830. The van der Waals surface area contributed by atoms with Crippen LogP contribution in [0.3, 0.4) is 0 Å². The van der Waals surface area contributed by atoms with Gasteiger partial charge >= 0.3 is 6.18 Å². The van der Waals surface area contributed by atoms with Crippen LogP contribution in [0.5, 0.6) is 5.75 Å². The molecule has 0 saturated carbocycles. The molecule has 0 aliphatic carbocycles. The van der Waals surface area contributed by atoms with Crippen LogP contribution < -0.4 is 15.4 Å². The molecule has 1 saturated heterocycles. The zero-order valence-corrected chi connectivity index (χ0v) is 13.5. The second-order valence-electron chi connectivity index (χ2n) is 5.77. The molecule has 1 aliphatic heterocycles. The summed E-state index contributed by atoms with van der Waals surface area (Å²) >= 11 is 0. The monoisotopic (exact) mass is 346 g/mol. The number of rotatable bonds is 6. The molecule has 134 valence electrons. The van der Waals surface area contributed by atoms with E-state index in [1.54, 1.807) is 14.0 Å². The van der Waals surface area contributed by atoms with Crippen LogP contribution in [0.1, 0.15) is 18.9 Å². The summed E-state index contributed by atoms with van der Waals surface area (Å²) in [5.74, 6) is -0.459. The second-order valence-corrected chi connectivity index (χ2v) is 5.77. The van der Waals surface area contributed by atoms with Crippen molar-refractivity contribution < 1.29 is 27.4 Å². The van der Waals surface area contributed by atoms with Crippen LogP contribution in [0, 0.1) is 0 Å². The van der Waals surface area contributed by atoms with Gasteiger partial charge in [-0.2, -0.15) is 13.2 Å². The summed E-state index contributed by atoms with van der Waals surface area (Å²) in [5, 5.41) is 5.77. The van der Waals surface area contributed by atoms with Gasteiger partial charge in [-0.3, -0.25) is 4.79 Å². The van der Waals surface area contributed by atoms with Crippen LogP contribution in [0.15, 0.2) is 24.3 Å². The number of hydrogen-bond donors (Lipinski definition) is 2. The Bertz CT molecular complexity index is 566. The number of amides is 1. The summed E-state index contributed by atoms with van der Waals surface area (Å²) in [6.07, 6.45) is -3.93. The number of alkyl halides is 3. The summed E-state index contributed by atoms with van der Waals surface area (Å²) < 4.78 is 49.1. The molecular weight excluding hydrogens is 325 g/mol. The quantitative estimate of drug-likeness (QED) is 0.827. The van der Waals surface area contributed by atoms with Crippen LogP contribution >= 0.6 is 0 Å². The summed E-state index contributed by atoms with van der Waals surface area (Å²) in [6, 6.07) is 4.22. The molecule has 1 aromatic carbocycles. The van der Waals surface area contributed by atoms with E-state index in [2.05, 4.69) is 10.6 Å². The lowest BCUT2D eigenvalue weighted by Crippen LogP contribution is -2.46. The first-order valence-electron chi connectivity index (χ1n) is 7.67. The number of methoxy groups -OCH3 is 1. The Balaban J connectivity index is 1.86. The van der Waals surface area contributed by atoms with Gasteiger partial charge in [-0.25, -0.2) is 0 Å². The molecule has 24 heavy (non-hydrogen) atoms. The fourth-order valence-corrected chi connectivity index (χ4v) is 2.51. The molecule has 3 atom stereocenters. The van der Waals surface area contributed by atoms with Crippen molar-refractivity contribution in [2.45, 2.75) is 37.7 Å². The Morgan fingerprint density at radius 1 is 1.42 bits per heavy atom. The zero-order valence-electron chi connectivity index (χ0n) is 13.5. The van der Waals surface area contributed by atoms with Gasteiger partial charge in [-0.1, -0.05) is 12.1 Å². The maximum atomic E-state index is 12.9. The highest BCUT2D eigenvalue weighted by Gasteiger charge is 2.34. The molecule has 1 fully saturated rings. The largest absolute Gasteiger partial charge is 0.491 e. The van der Waals surface area contributed by atoms with E-state index in [1.165, 1.54) is 18.2 Å². The van der Waals surface area contributed by atoms with Crippen molar-refractivity contribution in [3.8, 4) is 5.75 Å². The molecule has 2 rings (SSSR count). The fourth-order valence-electron chi connectivity index (χ4n) is 2.51. The van der Waals surface area contributed by atoms with Gasteiger partial charge in [0.15, 0.2) is 0 Å². The number of benzene rings is 1. The number of hydrogen-bond acceptors (Lipinski definition) is 4. The minimum atomic E-state index is -4.48. The predicted molar refractivity (Wildman–Crippen MR) is 81.7 cm³/mol. The Labute approximate surface area is 138 Å². The third-order valence-corrected chi connectivity index (χ3v) is 3.81. The van der Waals surface area contributed by atoms with Crippen molar-refractivity contribution >= 4 is 5.91 Å². The summed E-state index contributed by atoms with van der Waals surface area (Å²) in [4.78, 5) is 12.1. The first-order valence-corrected chi connectivity index (χ1v) is 7.67. The highest BCUT2D eigenvalue weighted by molar-refractivity contribution is 5.82. The third-order valence-electron chi connectivity index (χ3n) is 3.81. The molecular formula is C16H21F3N2O3. The average molecular weight is 346 g/mol. The zero-order chi connectivity index (χ0) is 17.7. The van der Waals surface area contributed by atoms with Crippen LogP contribution in [0.25, 0.3) is 0 Å². The Morgan fingerprint density at radius 3 is 2.75 bits per heavy atom. The number of nitrogens with one attached hydrogen (secondary N) is 2. The topological polar surface area (TPSA) is 59.6 Å². The van der Waals surface area contributed by atoms with Gasteiger partial charge < -0.3 is 20.1 Å². The number of ether oxygens (including phenoxy) is 2. The standard InChI is InChI=1S/C16H21F3N2O3/c1-10(21-15(22)13-7-11(23-2)8-20-13)9-24-14-6-4-3-5-12(14)16(17,18)19/h3-6,10-11,13,20H,7-9H2,1-2H3,(H,21,22)/t10?,11-,13+/m0/s1. The predicted octanol–water partition coefficient (Wildman–Crippen LogP) is 1.97. The molecule has 0 radical (unpaired) electrons. The number of halogens is 3. The normalized spacial score (nSPS) is 22.2. The average Bonchev–Trinajstić information content (AvgIpc) is 3.01. The van der Waals surface area contributed by atoms with Gasteiger partial charge in [-0.05, 0) is 25.5 Å². The third kappa shape index (κ3) is 4.85. The van der Waals surface area contributed by atoms with E-state index in [4.69, 9.17) is 9.47 Å². The molecule has 1 heterocycles. The van der Waals surface area contributed by atoms with Gasteiger partial charge in [0.2, 0.25) is 5.91 Å². The van der Waals surface area contributed by atoms with Gasteiger partial charge in [0.05, 0.1) is 23.8 Å². The first-order chi connectivity index (χ1) is 11.3. The molecule has 5 nitrogen and oxygen atoms in total. The minimum Gasteiger partial charge on any atom is -0.491 e. The summed E-state index contributed by atoms with van der Waals surface area (Å²) in [7, 11) is 1.58. The van der Waals surface area contributed by atoms with Crippen LogP contribution in [-0.4, -0.2) is 44.4 Å². The minimum absolute atomic E-state index is 0.00836. The molecule has 8 heteroatoms. The highest BCUT2D eigenvalue weighted by Crippen LogP contribution is 2.35. The molecule has 1 aliphatic rings. The lowest BCUT2D eigenvalue weighted by atomic mass is 10.2. The Morgan fingerprint density at radius 2 is 2.12 bits per heavy atom. The molecule has 1 unspecified atom stereocenters. The lowest BCUT2D eigenvalue weighted by Gasteiger charge is -2.19. The maximum absolute atomic E-state index is 12.9. The van der Waals surface area contributed by atoms with E-state index < -0.39 is 17.8 Å². The van der Waals surface area contributed by atoms with Gasteiger partial charge in [0.25, 0.3) is 0 Å². The van der Waals surface area contributed by atoms with E-state index in [0.29, 0.717) is 13.0 Å². The number of carbonyl (C=O) groups is 1. The lowest BCUT2D eigenvalue weighted by molar-refractivity contribution is -0.139. The number of carbonyl (C=O) groups excluding carboxylic acids is 1. The van der Waals surface area contributed by atoms with Gasteiger partial charge in [0, 0.05) is 13.7 Å². The SMILES string of the molecule is CO[C@@H]1CN[C@@H](C(=O)NC(C)COc2ccccc2C(F)(F)F)C1.